The van der Waals surface area contributed by atoms with E-state index in [-0.39, 0.29) is 11.8 Å². The molecular formula is C19H28N2O3S. The van der Waals surface area contributed by atoms with Crippen LogP contribution in [0.1, 0.15) is 51.5 Å². The van der Waals surface area contributed by atoms with Gasteiger partial charge in [0.25, 0.3) is 0 Å². The van der Waals surface area contributed by atoms with Crippen molar-refractivity contribution < 1.29 is 13.2 Å². The fraction of sp³-hybridized carbons (Fsp3) is 0.632. The van der Waals surface area contributed by atoms with Crippen LogP contribution in [0.5, 0.6) is 0 Å². The monoisotopic (exact) mass is 364 g/mol. The van der Waals surface area contributed by atoms with Crippen LogP contribution in [0.15, 0.2) is 23.1 Å². The van der Waals surface area contributed by atoms with E-state index in [4.69, 9.17) is 0 Å². The fourth-order valence-electron chi connectivity index (χ4n) is 3.57. The smallest absolute Gasteiger partial charge is 0.243 e. The molecule has 1 aliphatic heterocycles. The van der Waals surface area contributed by atoms with Gasteiger partial charge in [-0.25, -0.2) is 8.42 Å². The first-order chi connectivity index (χ1) is 12.0. The second kappa shape index (κ2) is 7.46. The predicted octanol–water partition coefficient (Wildman–Crippen LogP) is 3.19. The number of amides is 1. The Kier molecular flexibility index (Phi) is 5.49. The molecule has 25 heavy (non-hydrogen) atoms. The van der Waals surface area contributed by atoms with E-state index >= 15 is 0 Å². The van der Waals surface area contributed by atoms with Crippen LogP contribution >= 0.6 is 0 Å². The van der Waals surface area contributed by atoms with Crippen LogP contribution in [-0.2, 0) is 21.2 Å². The Morgan fingerprint density at radius 1 is 1.28 bits per heavy atom. The van der Waals surface area contributed by atoms with E-state index in [0.717, 1.165) is 49.8 Å². The Hall–Kier alpha value is -1.40. The van der Waals surface area contributed by atoms with E-state index in [1.165, 1.54) is 0 Å². The molecule has 1 saturated carbocycles. The van der Waals surface area contributed by atoms with Crippen molar-refractivity contribution in [3.8, 4) is 0 Å². The zero-order valence-corrected chi connectivity index (χ0v) is 16.0. The molecule has 1 aliphatic carbocycles. The summed E-state index contributed by atoms with van der Waals surface area (Å²) in [6.07, 6.45) is 5.67. The summed E-state index contributed by atoms with van der Waals surface area (Å²) in [7, 11) is -3.46. The molecule has 3 rings (SSSR count). The third-order valence-corrected chi connectivity index (χ3v) is 7.39. The highest BCUT2D eigenvalue weighted by Gasteiger charge is 2.34. The largest absolute Gasteiger partial charge is 0.312 e. The topological polar surface area (TPSA) is 57.7 Å². The van der Waals surface area contributed by atoms with Gasteiger partial charge in [-0.15, -0.1) is 0 Å². The summed E-state index contributed by atoms with van der Waals surface area (Å²) in [6.45, 7) is 5.63. The quantitative estimate of drug-likeness (QED) is 0.747. The van der Waals surface area contributed by atoms with Crippen LogP contribution in [0.3, 0.4) is 0 Å². The van der Waals surface area contributed by atoms with Gasteiger partial charge in [-0.05, 0) is 49.4 Å². The van der Waals surface area contributed by atoms with Gasteiger partial charge in [0, 0.05) is 31.2 Å². The van der Waals surface area contributed by atoms with Crippen LogP contribution in [0.25, 0.3) is 0 Å². The van der Waals surface area contributed by atoms with Crippen molar-refractivity contribution in [1.29, 1.82) is 0 Å². The molecule has 0 N–H and O–H groups in total. The van der Waals surface area contributed by atoms with E-state index in [0.29, 0.717) is 24.5 Å². The second-order valence-electron chi connectivity index (χ2n) is 7.01. The third kappa shape index (κ3) is 3.47. The number of nitrogens with zero attached hydrogens (tertiary/aromatic N) is 2. The number of carbonyl (C=O) groups is 1. The lowest BCUT2D eigenvalue weighted by atomic mass is 9.84. The fourth-order valence-corrected chi connectivity index (χ4v) is 5.11. The van der Waals surface area contributed by atoms with Crippen molar-refractivity contribution in [2.75, 3.05) is 24.5 Å². The standard InChI is InChI=1S/C19H28N2O3S/c1-3-5-12-20(4-2)25(23,24)17-9-10-18-16(14-17)11-13-21(18)19(22)15-7-6-8-15/h9-10,14-15H,3-8,11-13H2,1-2H3. The van der Waals surface area contributed by atoms with Crippen LogP contribution in [-0.4, -0.2) is 38.3 Å². The third-order valence-electron chi connectivity index (χ3n) is 5.42. The Morgan fingerprint density at radius 3 is 2.64 bits per heavy atom. The van der Waals surface area contributed by atoms with Crippen LogP contribution < -0.4 is 4.90 Å². The summed E-state index contributed by atoms with van der Waals surface area (Å²) in [5, 5.41) is 0. The van der Waals surface area contributed by atoms with Gasteiger partial charge in [0.2, 0.25) is 15.9 Å². The molecule has 1 aromatic rings. The Morgan fingerprint density at radius 2 is 2.04 bits per heavy atom. The van der Waals surface area contributed by atoms with E-state index in [1.807, 2.05) is 17.9 Å². The molecule has 0 atom stereocenters. The molecular weight excluding hydrogens is 336 g/mol. The first kappa shape index (κ1) is 18.4. The van der Waals surface area contributed by atoms with Gasteiger partial charge in [0.1, 0.15) is 0 Å². The van der Waals surface area contributed by atoms with Crippen molar-refractivity contribution >= 4 is 21.6 Å². The minimum atomic E-state index is -3.46. The SMILES string of the molecule is CCCCN(CC)S(=O)(=O)c1ccc2c(c1)CCN2C(=O)C1CCC1. The molecule has 6 heteroatoms. The lowest BCUT2D eigenvalue weighted by molar-refractivity contribution is -0.124. The minimum Gasteiger partial charge on any atom is -0.312 e. The Balaban J connectivity index is 1.83. The molecule has 2 aliphatic rings. The zero-order valence-electron chi connectivity index (χ0n) is 15.2. The molecule has 0 spiro atoms. The number of rotatable bonds is 7. The lowest BCUT2D eigenvalue weighted by Crippen LogP contribution is -2.37. The van der Waals surface area contributed by atoms with Crippen molar-refractivity contribution in [2.45, 2.75) is 57.3 Å². The lowest BCUT2D eigenvalue weighted by Gasteiger charge is -2.29. The first-order valence-electron chi connectivity index (χ1n) is 9.43. The number of anilines is 1. The molecule has 0 aromatic heterocycles. The predicted molar refractivity (Wildman–Crippen MR) is 99.2 cm³/mol. The molecule has 0 unspecified atom stereocenters. The molecule has 0 saturated heterocycles. The molecule has 1 amide bonds. The Labute approximate surface area is 151 Å². The summed E-state index contributed by atoms with van der Waals surface area (Å²) < 4.78 is 27.3. The number of carbonyl (C=O) groups excluding carboxylic acids is 1. The summed E-state index contributed by atoms with van der Waals surface area (Å²) in [5.74, 6) is 0.373. The highest BCUT2D eigenvalue weighted by molar-refractivity contribution is 7.89. The van der Waals surface area contributed by atoms with Gasteiger partial charge in [0.05, 0.1) is 4.90 Å². The van der Waals surface area contributed by atoms with E-state index in [2.05, 4.69) is 6.92 Å². The average molecular weight is 365 g/mol. The number of benzene rings is 1. The summed E-state index contributed by atoms with van der Waals surface area (Å²) in [4.78, 5) is 14.7. The van der Waals surface area contributed by atoms with Crippen molar-refractivity contribution in [1.82, 2.24) is 4.31 Å². The van der Waals surface area contributed by atoms with Gasteiger partial charge in [0.15, 0.2) is 0 Å². The van der Waals surface area contributed by atoms with Crippen LogP contribution in [0.2, 0.25) is 0 Å². The molecule has 5 nitrogen and oxygen atoms in total. The Bertz CT molecular complexity index is 741. The van der Waals surface area contributed by atoms with Gasteiger partial charge in [-0.3, -0.25) is 4.79 Å². The van der Waals surface area contributed by atoms with Gasteiger partial charge >= 0.3 is 0 Å². The number of hydrogen-bond acceptors (Lipinski definition) is 3. The molecule has 0 bridgehead atoms. The second-order valence-corrected chi connectivity index (χ2v) is 8.95. The highest BCUT2D eigenvalue weighted by atomic mass is 32.2. The zero-order chi connectivity index (χ0) is 18.0. The van der Waals surface area contributed by atoms with E-state index < -0.39 is 10.0 Å². The van der Waals surface area contributed by atoms with Gasteiger partial charge in [-0.1, -0.05) is 26.7 Å². The van der Waals surface area contributed by atoms with Gasteiger partial charge in [-0.2, -0.15) is 4.31 Å². The summed E-state index contributed by atoms with van der Waals surface area (Å²) in [5.41, 5.74) is 1.87. The highest BCUT2D eigenvalue weighted by Crippen LogP contribution is 2.35. The maximum absolute atomic E-state index is 12.9. The van der Waals surface area contributed by atoms with Crippen LogP contribution in [0.4, 0.5) is 5.69 Å². The summed E-state index contributed by atoms with van der Waals surface area (Å²) in [6, 6.07) is 5.25. The number of hydrogen-bond donors (Lipinski definition) is 0. The van der Waals surface area contributed by atoms with Crippen molar-refractivity contribution in [3.05, 3.63) is 23.8 Å². The van der Waals surface area contributed by atoms with Crippen LogP contribution in [0, 0.1) is 5.92 Å². The summed E-state index contributed by atoms with van der Waals surface area (Å²) >= 11 is 0. The minimum absolute atomic E-state index is 0.166. The van der Waals surface area contributed by atoms with Crippen molar-refractivity contribution in [2.24, 2.45) is 5.92 Å². The van der Waals surface area contributed by atoms with Gasteiger partial charge < -0.3 is 4.90 Å². The van der Waals surface area contributed by atoms with E-state index in [9.17, 15) is 13.2 Å². The molecule has 1 aromatic carbocycles. The normalized spacial score (nSPS) is 17.6. The average Bonchev–Trinajstić information content (AvgIpc) is 2.96. The maximum atomic E-state index is 12.9. The molecule has 138 valence electrons. The number of unbranched alkanes of at least 4 members (excludes halogenated alkanes) is 1. The molecule has 0 radical (unpaired) electrons. The van der Waals surface area contributed by atoms with Crippen molar-refractivity contribution in [3.63, 3.8) is 0 Å². The first-order valence-corrected chi connectivity index (χ1v) is 10.9. The number of sulfonamides is 1. The maximum Gasteiger partial charge on any atom is 0.243 e. The van der Waals surface area contributed by atoms with E-state index in [1.54, 1.807) is 16.4 Å². The number of fused-ring (bicyclic) bond motifs is 1. The molecule has 1 heterocycles. The molecule has 1 fully saturated rings.